The van der Waals surface area contributed by atoms with E-state index < -0.39 is 18.1 Å². The van der Waals surface area contributed by atoms with Crippen molar-refractivity contribution in [1.29, 1.82) is 0 Å². The molecule has 0 unspecified atom stereocenters. The molecule has 0 fully saturated rings. The summed E-state index contributed by atoms with van der Waals surface area (Å²) in [5.41, 5.74) is 6.19. The Morgan fingerprint density at radius 2 is 1.90 bits per heavy atom. The number of nitrogens with two attached hydrogens (primary N) is 1. The number of unbranched alkanes of at least 4 members (excludes halogenated alkanes) is 1. The van der Waals surface area contributed by atoms with Crippen LogP contribution in [0.5, 0.6) is 0 Å². The number of rotatable bonds is 8. The van der Waals surface area contributed by atoms with Crippen LogP contribution < -0.4 is 17.2 Å². The lowest BCUT2D eigenvalue weighted by Crippen LogP contribution is -2.41. The molecule has 0 saturated heterocycles. The van der Waals surface area contributed by atoms with Crippen LogP contribution in [0.4, 0.5) is 4.79 Å². The summed E-state index contributed by atoms with van der Waals surface area (Å²) in [6.45, 7) is 0.618. The maximum atomic E-state index is 11.5. The summed E-state index contributed by atoms with van der Waals surface area (Å²) in [5, 5.41) is 11.3. The summed E-state index contributed by atoms with van der Waals surface area (Å²) in [6.07, 6.45) is 0.984. The van der Waals surface area contributed by atoms with Gasteiger partial charge in [0.15, 0.2) is 0 Å². The zero-order valence-electron chi connectivity index (χ0n) is 11.7. The van der Waals surface area contributed by atoms with Crippen molar-refractivity contribution in [3.8, 4) is 0 Å². The number of hydrogen-bond donors (Lipinski definition) is 3. The molecule has 1 atom stereocenters. The van der Waals surface area contributed by atoms with Crippen LogP contribution in [0.15, 0.2) is 30.3 Å². The Bertz CT molecular complexity index is 425. The molecule has 7 heteroatoms. The molecule has 7 nitrogen and oxygen atoms in total. The Labute approximate surface area is 124 Å². The fourth-order valence-corrected chi connectivity index (χ4v) is 1.66. The fraction of sp³-hybridized carbons (Fsp3) is 0.429. The van der Waals surface area contributed by atoms with Crippen LogP contribution in [-0.4, -0.2) is 29.8 Å². The molecular weight excluding hydrogens is 274 g/mol. The number of benzene rings is 1. The van der Waals surface area contributed by atoms with E-state index in [0.717, 1.165) is 12.0 Å². The summed E-state index contributed by atoms with van der Waals surface area (Å²) in [6, 6.07) is 8.24. The first-order valence-electron chi connectivity index (χ1n) is 6.53. The van der Waals surface area contributed by atoms with E-state index in [2.05, 4.69) is 5.32 Å². The first-order valence-corrected chi connectivity index (χ1v) is 6.53. The third-order valence-electron chi connectivity index (χ3n) is 2.75. The van der Waals surface area contributed by atoms with Gasteiger partial charge in [-0.3, -0.25) is 0 Å². The van der Waals surface area contributed by atoms with E-state index >= 15 is 0 Å². The summed E-state index contributed by atoms with van der Waals surface area (Å²) < 4.78 is 4.98. The number of carboxylic acids is 1. The highest BCUT2D eigenvalue weighted by Gasteiger charge is 2.19. The van der Waals surface area contributed by atoms with Gasteiger partial charge in [0.2, 0.25) is 0 Å². The molecule has 0 saturated carbocycles. The molecule has 0 aliphatic carbocycles. The molecule has 1 amide bonds. The zero-order chi connectivity index (χ0) is 14.8. The minimum atomic E-state index is -1.07. The second-order valence-electron chi connectivity index (χ2n) is 4.38. The van der Waals surface area contributed by atoms with E-state index in [4.69, 9.17) is 15.6 Å². The Morgan fingerprint density at radius 1 is 1.24 bits per heavy atom. The quantitative estimate of drug-likeness (QED) is 0.615. The minimum Gasteiger partial charge on any atom is -0.480 e. The molecule has 3 radical (unpaired) electrons. The van der Waals surface area contributed by atoms with Crippen molar-refractivity contribution in [2.45, 2.75) is 31.9 Å². The number of nitrogens with one attached hydrogen (secondary N) is 1. The van der Waals surface area contributed by atoms with E-state index in [-0.39, 0.29) is 12.8 Å². The van der Waals surface area contributed by atoms with Crippen LogP contribution in [0.3, 0.4) is 0 Å². The van der Waals surface area contributed by atoms with Gasteiger partial charge in [0.05, 0.1) is 0 Å². The fourth-order valence-electron chi connectivity index (χ4n) is 1.66. The van der Waals surface area contributed by atoms with Crippen molar-refractivity contribution < 1.29 is 19.4 Å². The standard InChI is InChI=1S/C14H20N2O4.N/c15-9-5-4-8-12(13(17)18)16-14(19)20-10-11-6-2-1-3-7-11;/h1-3,6-7,12H,4-5,8-10,15H2,(H,16,19)(H,17,18);/t12-;/m0./s1. The number of hydrogen-bond acceptors (Lipinski definition) is 4. The van der Waals surface area contributed by atoms with Crippen LogP contribution in [0.25, 0.3) is 0 Å². The molecule has 0 aliphatic rings. The predicted octanol–water partition coefficient (Wildman–Crippen LogP) is 1.01. The Hall–Kier alpha value is -2.12. The van der Waals surface area contributed by atoms with Crippen molar-refractivity contribution in [1.82, 2.24) is 11.5 Å². The summed E-state index contributed by atoms with van der Waals surface area (Å²) in [4.78, 5) is 22.5. The van der Waals surface area contributed by atoms with Crippen LogP contribution in [0.1, 0.15) is 24.8 Å². The monoisotopic (exact) mass is 294 g/mol. The number of aliphatic carboxylic acids is 1. The van der Waals surface area contributed by atoms with Crippen molar-refractivity contribution in [3.05, 3.63) is 35.9 Å². The Morgan fingerprint density at radius 3 is 2.48 bits per heavy atom. The van der Waals surface area contributed by atoms with E-state index in [1.165, 1.54) is 0 Å². The van der Waals surface area contributed by atoms with Gasteiger partial charge in [0, 0.05) is 6.15 Å². The highest BCUT2D eigenvalue weighted by Crippen LogP contribution is 2.03. The van der Waals surface area contributed by atoms with Crippen LogP contribution in [0.2, 0.25) is 0 Å². The smallest absolute Gasteiger partial charge is 0.408 e. The molecule has 0 aliphatic heterocycles. The van der Waals surface area contributed by atoms with E-state index in [1.807, 2.05) is 30.3 Å². The number of ether oxygens (including phenoxy) is 1. The average Bonchev–Trinajstić information content (AvgIpc) is 2.45. The number of alkyl carbamates (subject to hydrolysis) is 1. The molecule has 1 aromatic carbocycles. The van der Waals surface area contributed by atoms with Gasteiger partial charge < -0.3 is 20.9 Å². The summed E-state index contributed by atoms with van der Waals surface area (Å²) >= 11 is 0. The normalized spacial score (nSPS) is 11.1. The van der Waals surface area contributed by atoms with Crippen molar-refractivity contribution in [2.24, 2.45) is 5.73 Å². The first-order chi connectivity index (χ1) is 9.63. The molecule has 4 N–H and O–H groups in total. The number of carbonyl (C=O) groups excluding carboxylic acids is 1. The van der Waals surface area contributed by atoms with E-state index in [9.17, 15) is 9.59 Å². The molecule has 21 heavy (non-hydrogen) atoms. The van der Waals surface area contributed by atoms with Crippen LogP contribution in [-0.2, 0) is 16.1 Å². The third-order valence-corrected chi connectivity index (χ3v) is 2.75. The summed E-state index contributed by atoms with van der Waals surface area (Å²) in [7, 11) is 0. The maximum absolute atomic E-state index is 11.5. The third kappa shape index (κ3) is 7.91. The SMILES string of the molecule is NCCCC[C@H](NC(=O)OCc1ccccc1)C(=O)O.[N]. The highest BCUT2D eigenvalue weighted by atomic mass is 16.5. The number of carboxylic acid groups (broad SMARTS) is 1. The average molecular weight is 294 g/mol. The predicted molar refractivity (Wildman–Crippen MR) is 76.2 cm³/mol. The number of carbonyl (C=O) groups is 2. The van der Waals surface area contributed by atoms with Gasteiger partial charge in [-0.1, -0.05) is 30.3 Å². The van der Waals surface area contributed by atoms with E-state index in [1.54, 1.807) is 0 Å². The molecule has 1 aromatic rings. The van der Waals surface area contributed by atoms with Gasteiger partial charge in [-0.05, 0) is 31.4 Å². The Balaban J connectivity index is 0.00000400. The minimum absolute atomic E-state index is 0. The van der Waals surface area contributed by atoms with Gasteiger partial charge in [-0.15, -0.1) is 0 Å². The lowest BCUT2D eigenvalue weighted by Gasteiger charge is -2.14. The van der Waals surface area contributed by atoms with Gasteiger partial charge in [0.1, 0.15) is 12.6 Å². The summed E-state index contributed by atoms with van der Waals surface area (Å²) in [5.74, 6) is -1.07. The largest absolute Gasteiger partial charge is 0.480 e. The molecule has 0 aromatic heterocycles. The van der Waals surface area contributed by atoms with Gasteiger partial charge >= 0.3 is 12.1 Å². The molecule has 1 rings (SSSR count). The maximum Gasteiger partial charge on any atom is 0.408 e. The molecule has 115 valence electrons. The topological polar surface area (TPSA) is 132 Å². The lowest BCUT2D eigenvalue weighted by molar-refractivity contribution is -0.139. The molecule has 0 spiro atoms. The molecular formula is C14H20N3O4. The van der Waals surface area contributed by atoms with Crippen LogP contribution in [0, 0.1) is 0 Å². The van der Waals surface area contributed by atoms with Gasteiger partial charge in [0.25, 0.3) is 0 Å². The van der Waals surface area contributed by atoms with Crippen LogP contribution >= 0.6 is 0 Å². The number of amides is 1. The lowest BCUT2D eigenvalue weighted by atomic mass is 10.1. The van der Waals surface area contributed by atoms with Crippen molar-refractivity contribution >= 4 is 12.1 Å². The number of nitrogens with zero attached hydrogens (tertiary/aromatic N) is 1. The zero-order valence-corrected chi connectivity index (χ0v) is 11.7. The first kappa shape index (κ1) is 18.9. The van der Waals surface area contributed by atoms with Crippen molar-refractivity contribution in [2.75, 3.05) is 6.54 Å². The van der Waals surface area contributed by atoms with Gasteiger partial charge in [-0.25, -0.2) is 9.59 Å². The molecule has 0 heterocycles. The molecule has 0 bridgehead atoms. The second-order valence-corrected chi connectivity index (χ2v) is 4.38. The highest BCUT2D eigenvalue weighted by molar-refractivity contribution is 5.79. The Kier molecular flexibility index (Phi) is 9.57. The second kappa shape index (κ2) is 10.6. The van der Waals surface area contributed by atoms with Crippen molar-refractivity contribution in [3.63, 3.8) is 0 Å². The van der Waals surface area contributed by atoms with Gasteiger partial charge in [-0.2, -0.15) is 0 Å². The van der Waals surface area contributed by atoms with E-state index in [0.29, 0.717) is 19.4 Å².